The zero-order valence-corrected chi connectivity index (χ0v) is 9.29. The van der Waals surface area contributed by atoms with Gasteiger partial charge in [-0.05, 0) is 24.3 Å². The summed E-state index contributed by atoms with van der Waals surface area (Å²) in [5.74, 6) is -1.31. The van der Waals surface area contributed by atoms with Crippen molar-refractivity contribution in [2.45, 2.75) is 0 Å². The van der Waals surface area contributed by atoms with Crippen LogP contribution in [0, 0.1) is 0 Å². The van der Waals surface area contributed by atoms with E-state index in [0.717, 1.165) is 6.07 Å². The van der Waals surface area contributed by atoms with Gasteiger partial charge in [0, 0.05) is 17.8 Å². The van der Waals surface area contributed by atoms with Gasteiger partial charge in [0.25, 0.3) is 0 Å². The van der Waals surface area contributed by atoms with Crippen molar-refractivity contribution in [1.82, 2.24) is 0 Å². The average Bonchev–Trinajstić information content (AvgIpc) is 2.28. The molecule has 5 nitrogen and oxygen atoms in total. The van der Waals surface area contributed by atoms with Crippen LogP contribution in [0.4, 0.5) is 5.69 Å². The number of ketones is 1. The number of carbonyl (C=O) groups is 1. The molecule has 0 radical (unpaired) electrons. The van der Waals surface area contributed by atoms with E-state index in [1.165, 1.54) is 30.3 Å². The summed E-state index contributed by atoms with van der Waals surface area (Å²) in [6.45, 7) is 0. The lowest BCUT2D eigenvalue weighted by Gasteiger charge is -2.06. The lowest BCUT2D eigenvalue weighted by atomic mass is 10.0. The van der Waals surface area contributed by atoms with Crippen LogP contribution in [0.25, 0.3) is 0 Å². The number of phenols is 3. The highest BCUT2D eigenvalue weighted by Crippen LogP contribution is 2.28. The zero-order chi connectivity index (χ0) is 13.3. The summed E-state index contributed by atoms with van der Waals surface area (Å²) in [7, 11) is 0. The van der Waals surface area contributed by atoms with Gasteiger partial charge in [-0.25, -0.2) is 0 Å². The SMILES string of the molecule is Nc1ccc(C(=O)c2ccc(O)cc2O)c(O)c1. The molecule has 0 aliphatic heterocycles. The Morgan fingerprint density at radius 2 is 1.44 bits per heavy atom. The number of aromatic hydroxyl groups is 3. The van der Waals surface area contributed by atoms with Crippen LogP contribution in [0.3, 0.4) is 0 Å². The molecule has 0 heterocycles. The van der Waals surface area contributed by atoms with E-state index in [1.807, 2.05) is 0 Å². The Hall–Kier alpha value is -2.69. The van der Waals surface area contributed by atoms with Gasteiger partial charge in [0.05, 0.1) is 11.1 Å². The van der Waals surface area contributed by atoms with Gasteiger partial charge in [0.2, 0.25) is 0 Å². The van der Waals surface area contributed by atoms with Gasteiger partial charge < -0.3 is 21.1 Å². The average molecular weight is 245 g/mol. The van der Waals surface area contributed by atoms with Crippen LogP contribution >= 0.6 is 0 Å². The summed E-state index contributed by atoms with van der Waals surface area (Å²) in [6.07, 6.45) is 0. The van der Waals surface area contributed by atoms with Crippen LogP contribution in [0.5, 0.6) is 17.2 Å². The molecule has 0 aliphatic rings. The van der Waals surface area contributed by atoms with Gasteiger partial charge in [-0.15, -0.1) is 0 Å². The van der Waals surface area contributed by atoms with Crippen molar-refractivity contribution in [2.75, 3.05) is 5.73 Å². The van der Waals surface area contributed by atoms with Crippen LogP contribution in [0.2, 0.25) is 0 Å². The smallest absolute Gasteiger partial charge is 0.200 e. The maximum Gasteiger partial charge on any atom is 0.200 e. The topological polar surface area (TPSA) is 104 Å². The molecular weight excluding hydrogens is 234 g/mol. The summed E-state index contributed by atoms with van der Waals surface area (Å²) in [4.78, 5) is 12.1. The summed E-state index contributed by atoms with van der Waals surface area (Å²) < 4.78 is 0. The minimum Gasteiger partial charge on any atom is -0.508 e. The standard InChI is InChI=1S/C13H11NO4/c14-7-1-3-9(11(16)5-7)13(18)10-4-2-8(15)6-12(10)17/h1-6,15-17H,14H2. The first kappa shape index (κ1) is 11.8. The summed E-state index contributed by atoms with van der Waals surface area (Å²) >= 11 is 0. The first-order valence-electron chi connectivity index (χ1n) is 5.14. The molecule has 18 heavy (non-hydrogen) atoms. The van der Waals surface area contributed by atoms with Gasteiger partial charge >= 0.3 is 0 Å². The second-order valence-electron chi connectivity index (χ2n) is 3.81. The molecule has 92 valence electrons. The fourth-order valence-corrected chi connectivity index (χ4v) is 1.60. The third-order valence-corrected chi connectivity index (χ3v) is 2.49. The van der Waals surface area contributed by atoms with E-state index in [0.29, 0.717) is 5.69 Å². The van der Waals surface area contributed by atoms with Crippen molar-refractivity contribution in [1.29, 1.82) is 0 Å². The van der Waals surface area contributed by atoms with E-state index in [1.54, 1.807) is 0 Å². The molecule has 2 aromatic rings. The lowest BCUT2D eigenvalue weighted by molar-refractivity contribution is 0.103. The van der Waals surface area contributed by atoms with E-state index < -0.39 is 5.78 Å². The molecule has 0 aromatic heterocycles. The molecule has 0 saturated carbocycles. The minimum atomic E-state index is -0.551. The monoisotopic (exact) mass is 245 g/mol. The number of carbonyl (C=O) groups excluding carboxylic acids is 1. The number of phenolic OH excluding ortho intramolecular Hbond substituents is 3. The number of nitrogens with two attached hydrogens (primary N) is 1. The Morgan fingerprint density at radius 1 is 0.889 bits per heavy atom. The Kier molecular flexibility index (Phi) is 2.81. The van der Waals surface area contributed by atoms with E-state index in [4.69, 9.17) is 10.8 Å². The second-order valence-corrected chi connectivity index (χ2v) is 3.81. The summed E-state index contributed by atoms with van der Waals surface area (Å²) in [5, 5.41) is 28.4. The van der Waals surface area contributed by atoms with Gasteiger partial charge in [-0.1, -0.05) is 0 Å². The second kappa shape index (κ2) is 4.29. The van der Waals surface area contributed by atoms with E-state index >= 15 is 0 Å². The summed E-state index contributed by atoms with van der Waals surface area (Å²) in [5.41, 5.74) is 5.82. The Labute approximate surface area is 103 Å². The molecule has 0 aliphatic carbocycles. The van der Waals surface area contributed by atoms with Gasteiger partial charge in [-0.3, -0.25) is 4.79 Å². The predicted molar refractivity (Wildman–Crippen MR) is 65.7 cm³/mol. The quantitative estimate of drug-likeness (QED) is 0.475. The molecular formula is C13H11NO4. The van der Waals surface area contributed by atoms with Gasteiger partial charge in [0.1, 0.15) is 17.2 Å². The fourth-order valence-electron chi connectivity index (χ4n) is 1.60. The number of hydrogen-bond donors (Lipinski definition) is 4. The zero-order valence-electron chi connectivity index (χ0n) is 9.29. The van der Waals surface area contributed by atoms with Gasteiger partial charge in [-0.2, -0.15) is 0 Å². The van der Waals surface area contributed by atoms with Crippen LogP contribution in [-0.2, 0) is 0 Å². The number of nitrogen functional groups attached to an aromatic ring is 1. The highest BCUT2D eigenvalue weighted by atomic mass is 16.3. The predicted octanol–water partition coefficient (Wildman–Crippen LogP) is 1.62. The van der Waals surface area contributed by atoms with Crippen molar-refractivity contribution in [2.24, 2.45) is 0 Å². The molecule has 2 rings (SSSR count). The van der Waals surface area contributed by atoms with Crippen LogP contribution < -0.4 is 5.73 Å². The minimum absolute atomic E-state index is 0.00660. The Bertz CT molecular complexity index is 569. The molecule has 2 aromatic carbocycles. The maximum absolute atomic E-state index is 12.1. The normalized spacial score (nSPS) is 10.2. The molecule has 0 fully saturated rings. The molecule has 5 heteroatoms. The molecule has 0 spiro atoms. The Balaban J connectivity index is 2.48. The largest absolute Gasteiger partial charge is 0.508 e. The lowest BCUT2D eigenvalue weighted by Crippen LogP contribution is -2.02. The van der Waals surface area contributed by atoms with E-state index in [2.05, 4.69) is 0 Å². The molecule has 5 N–H and O–H groups in total. The summed E-state index contributed by atoms with van der Waals surface area (Å²) in [6, 6.07) is 7.72. The maximum atomic E-state index is 12.1. The number of hydrogen-bond acceptors (Lipinski definition) is 5. The third-order valence-electron chi connectivity index (χ3n) is 2.49. The van der Waals surface area contributed by atoms with Crippen molar-refractivity contribution < 1.29 is 20.1 Å². The number of benzene rings is 2. The van der Waals surface area contributed by atoms with E-state index in [9.17, 15) is 15.0 Å². The highest BCUT2D eigenvalue weighted by Gasteiger charge is 2.17. The fraction of sp³-hybridized carbons (Fsp3) is 0. The molecule has 0 amide bonds. The van der Waals surface area contributed by atoms with Gasteiger partial charge in [0.15, 0.2) is 5.78 Å². The Morgan fingerprint density at radius 3 is 2.00 bits per heavy atom. The van der Waals surface area contributed by atoms with E-state index in [-0.39, 0.29) is 28.4 Å². The molecule has 0 unspecified atom stereocenters. The third kappa shape index (κ3) is 2.06. The van der Waals surface area contributed by atoms with Crippen molar-refractivity contribution in [3.63, 3.8) is 0 Å². The van der Waals surface area contributed by atoms with Crippen molar-refractivity contribution in [3.8, 4) is 17.2 Å². The van der Waals surface area contributed by atoms with Crippen molar-refractivity contribution >= 4 is 11.5 Å². The van der Waals surface area contributed by atoms with Crippen LogP contribution in [0.1, 0.15) is 15.9 Å². The first-order valence-corrected chi connectivity index (χ1v) is 5.14. The van der Waals surface area contributed by atoms with Crippen LogP contribution in [-0.4, -0.2) is 21.1 Å². The number of anilines is 1. The molecule has 0 atom stereocenters. The van der Waals surface area contributed by atoms with Crippen molar-refractivity contribution in [3.05, 3.63) is 47.5 Å². The first-order chi connectivity index (χ1) is 8.49. The highest BCUT2D eigenvalue weighted by molar-refractivity contribution is 6.12. The molecule has 0 saturated heterocycles. The van der Waals surface area contributed by atoms with Crippen LogP contribution in [0.15, 0.2) is 36.4 Å². The molecule has 0 bridgehead atoms. The number of rotatable bonds is 2.